The number of hydrogen-bond donors (Lipinski definition) is 1. The van der Waals surface area contributed by atoms with Gasteiger partial charge in [0.05, 0.1) is 35.7 Å². The molecule has 1 fully saturated rings. The number of dihydropyridines is 1. The number of esters is 2. The maximum absolute atomic E-state index is 13.7. The highest BCUT2D eigenvalue weighted by molar-refractivity contribution is 5.99. The predicted octanol–water partition coefficient (Wildman–Crippen LogP) is 4.90. The number of nitrogens with zero attached hydrogens (tertiary/aromatic N) is 3. The number of allylic oxidation sites excluding steroid dienone is 2. The van der Waals surface area contributed by atoms with Gasteiger partial charge in [-0.3, -0.25) is 15.0 Å². The number of carbonyl (C=O) groups is 2. The van der Waals surface area contributed by atoms with E-state index in [1.165, 1.54) is 24.8 Å². The molecule has 2 aromatic rings. The average Bonchev–Trinajstić information content (AvgIpc) is 3.00. The molecule has 2 aliphatic rings. The van der Waals surface area contributed by atoms with Gasteiger partial charge in [0.25, 0.3) is 5.69 Å². The SMILES string of the molecule is COC(=O)C1=C(C)NC(C)=C(C(=O)OCC(C)(C)CN2CCN(CC=Cc3ccccc3)CC2)C1c1cccc([N+](=O)[O-])c1. The highest BCUT2D eigenvalue weighted by Crippen LogP contribution is 2.40. The van der Waals surface area contributed by atoms with Crippen molar-refractivity contribution in [2.24, 2.45) is 5.41 Å². The number of carbonyl (C=O) groups excluding carboxylic acids is 2. The van der Waals surface area contributed by atoms with Crippen LogP contribution in [0.15, 0.2) is 83.2 Å². The number of ether oxygens (including phenoxy) is 2. The summed E-state index contributed by atoms with van der Waals surface area (Å²) in [5.74, 6) is -2.09. The second-order valence-corrected chi connectivity index (χ2v) is 12.1. The molecule has 0 bridgehead atoms. The normalized spacial score (nSPS) is 18.3. The van der Waals surface area contributed by atoms with E-state index >= 15 is 0 Å². The van der Waals surface area contributed by atoms with Crippen LogP contribution in [0.3, 0.4) is 0 Å². The van der Waals surface area contributed by atoms with E-state index in [4.69, 9.17) is 9.47 Å². The van der Waals surface area contributed by atoms with Gasteiger partial charge in [-0.05, 0) is 25.0 Å². The van der Waals surface area contributed by atoms with Gasteiger partial charge >= 0.3 is 11.9 Å². The molecule has 2 aliphatic heterocycles. The molecule has 0 radical (unpaired) electrons. The maximum atomic E-state index is 13.7. The Morgan fingerprint density at radius 3 is 2.25 bits per heavy atom. The minimum atomic E-state index is -0.886. The van der Waals surface area contributed by atoms with Crippen LogP contribution in [0.5, 0.6) is 0 Å². The monoisotopic (exact) mass is 602 g/mol. The molecule has 10 heteroatoms. The van der Waals surface area contributed by atoms with E-state index in [1.807, 2.05) is 18.2 Å². The number of nitro benzene ring substituents is 1. The van der Waals surface area contributed by atoms with Crippen LogP contribution < -0.4 is 5.32 Å². The molecular weight excluding hydrogens is 560 g/mol. The number of benzene rings is 2. The smallest absolute Gasteiger partial charge is 0.336 e. The van der Waals surface area contributed by atoms with Gasteiger partial charge < -0.3 is 19.7 Å². The van der Waals surface area contributed by atoms with Gasteiger partial charge in [0.15, 0.2) is 0 Å². The Balaban J connectivity index is 1.40. The van der Waals surface area contributed by atoms with E-state index in [0.29, 0.717) is 17.0 Å². The van der Waals surface area contributed by atoms with Crippen molar-refractivity contribution in [3.05, 3.63) is 104 Å². The van der Waals surface area contributed by atoms with Gasteiger partial charge in [-0.2, -0.15) is 0 Å². The third kappa shape index (κ3) is 8.21. The van der Waals surface area contributed by atoms with Gasteiger partial charge in [0.1, 0.15) is 0 Å². The molecule has 1 N–H and O–H groups in total. The largest absolute Gasteiger partial charge is 0.466 e. The molecule has 0 aromatic heterocycles. The van der Waals surface area contributed by atoms with E-state index in [9.17, 15) is 19.7 Å². The first kappa shape index (κ1) is 32.6. The van der Waals surface area contributed by atoms with Gasteiger partial charge in [-0.1, -0.05) is 68.5 Å². The van der Waals surface area contributed by atoms with E-state index in [2.05, 4.69) is 53.2 Å². The summed E-state index contributed by atoms with van der Waals surface area (Å²) in [6, 6.07) is 16.2. The molecule has 0 saturated carbocycles. The topological polar surface area (TPSA) is 114 Å². The third-order valence-electron chi connectivity index (χ3n) is 7.98. The molecule has 234 valence electrons. The molecular formula is C34H42N4O6. The number of nitrogens with one attached hydrogen (secondary N) is 1. The van der Waals surface area contributed by atoms with Crippen molar-refractivity contribution in [1.29, 1.82) is 0 Å². The zero-order valence-corrected chi connectivity index (χ0v) is 26.2. The highest BCUT2D eigenvalue weighted by atomic mass is 16.6. The average molecular weight is 603 g/mol. The summed E-state index contributed by atoms with van der Waals surface area (Å²) in [6.07, 6.45) is 4.35. The molecule has 0 amide bonds. The number of methoxy groups -OCH3 is 1. The maximum Gasteiger partial charge on any atom is 0.336 e. The van der Waals surface area contributed by atoms with E-state index in [0.717, 1.165) is 39.3 Å². The van der Waals surface area contributed by atoms with Crippen LogP contribution in [-0.2, 0) is 19.1 Å². The first-order valence-corrected chi connectivity index (χ1v) is 14.8. The quantitative estimate of drug-likeness (QED) is 0.218. The highest BCUT2D eigenvalue weighted by Gasteiger charge is 2.39. The minimum Gasteiger partial charge on any atom is -0.466 e. The van der Waals surface area contributed by atoms with Crippen molar-refractivity contribution < 1.29 is 24.0 Å². The summed E-state index contributed by atoms with van der Waals surface area (Å²) in [7, 11) is 1.26. The Hall–Kier alpha value is -4.28. The van der Waals surface area contributed by atoms with Crippen LogP contribution in [-0.4, -0.2) is 79.6 Å². The van der Waals surface area contributed by atoms with Crippen molar-refractivity contribution >= 4 is 23.7 Å². The number of hydrogen-bond acceptors (Lipinski definition) is 9. The van der Waals surface area contributed by atoms with Crippen LogP contribution in [0.2, 0.25) is 0 Å². The standard InChI is InChI=1S/C34H42N4O6/c1-24-29(32(39)43-5)31(27-14-9-15-28(21-27)38(41)42)30(25(2)35-24)33(40)44-23-34(3,4)22-37-19-17-36(18-20-37)16-10-13-26-11-7-6-8-12-26/h6-15,21,31,35H,16-20,22-23H2,1-5H3. The van der Waals surface area contributed by atoms with Gasteiger partial charge in [0, 0.05) is 68.2 Å². The van der Waals surface area contributed by atoms with E-state index in [1.54, 1.807) is 26.0 Å². The summed E-state index contributed by atoms with van der Waals surface area (Å²) in [5.41, 5.74) is 2.63. The Morgan fingerprint density at radius 2 is 1.61 bits per heavy atom. The molecule has 4 rings (SSSR count). The predicted molar refractivity (Wildman–Crippen MR) is 169 cm³/mol. The number of non-ortho nitro benzene ring substituents is 1. The van der Waals surface area contributed by atoms with Crippen molar-refractivity contribution in [3.63, 3.8) is 0 Å². The lowest BCUT2D eigenvalue weighted by molar-refractivity contribution is -0.384. The molecule has 1 atom stereocenters. The van der Waals surface area contributed by atoms with Gasteiger partial charge in [0.2, 0.25) is 0 Å². The van der Waals surface area contributed by atoms with Crippen molar-refractivity contribution in [2.75, 3.05) is 53.0 Å². The second-order valence-electron chi connectivity index (χ2n) is 12.1. The zero-order valence-electron chi connectivity index (χ0n) is 26.2. The molecule has 2 aromatic carbocycles. The first-order chi connectivity index (χ1) is 21.0. The molecule has 1 unspecified atom stereocenters. The summed E-state index contributed by atoms with van der Waals surface area (Å²) in [6.45, 7) is 13.2. The lowest BCUT2D eigenvalue weighted by atomic mass is 9.80. The zero-order chi connectivity index (χ0) is 31.9. The summed E-state index contributed by atoms with van der Waals surface area (Å²) in [5, 5.41) is 14.6. The Bertz CT molecular complexity index is 1460. The molecule has 0 aliphatic carbocycles. The number of nitro groups is 1. The lowest BCUT2D eigenvalue weighted by Gasteiger charge is -2.38. The fourth-order valence-electron chi connectivity index (χ4n) is 5.82. The summed E-state index contributed by atoms with van der Waals surface area (Å²) >= 11 is 0. The molecule has 2 heterocycles. The number of piperazine rings is 1. The molecule has 0 spiro atoms. The van der Waals surface area contributed by atoms with Gasteiger partial charge in [-0.25, -0.2) is 9.59 Å². The van der Waals surface area contributed by atoms with Crippen molar-refractivity contribution in [1.82, 2.24) is 15.1 Å². The molecule has 1 saturated heterocycles. The first-order valence-electron chi connectivity index (χ1n) is 14.8. The molecule has 10 nitrogen and oxygen atoms in total. The van der Waals surface area contributed by atoms with Gasteiger partial charge in [-0.15, -0.1) is 0 Å². The second kappa shape index (κ2) is 14.5. The van der Waals surface area contributed by atoms with Crippen LogP contribution >= 0.6 is 0 Å². The van der Waals surface area contributed by atoms with Crippen molar-refractivity contribution in [3.8, 4) is 0 Å². The Labute approximate surface area is 259 Å². The van der Waals surface area contributed by atoms with Crippen molar-refractivity contribution in [2.45, 2.75) is 33.6 Å². The lowest BCUT2D eigenvalue weighted by Crippen LogP contribution is -2.49. The summed E-state index contributed by atoms with van der Waals surface area (Å²) in [4.78, 5) is 42.4. The fourth-order valence-corrected chi connectivity index (χ4v) is 5.82. The fraction of sp³-hybridized carbons (Fsp3) is 0.412. The van der Waals surface area contributed by atoms with E-state index in [-0.39, 0.29) is 28.9 Å². The minimum absolute atomic E-state index is 0.137. The van der Waals surface area contributed by atoms with Crippen LogP contribution in [0, 0.1) is 15.5 Å². The number of rotatable bonds is 11. The summed E-state index contributed by atoms with van der Waals surface area (Å²) < 4.78 is 11.0. The molecule has 44 heavy (non-hydrogen) atoms. The third-order valence-corrected chi connectivity index (χ3v) is 7.98. The van der Waals surface area contributed by atoms with Crippen LogP contribution in [0.25, 0.3) is 6.08 Å². The van der Waals surface area contributed by atoms with E-state index < -0.39 is 22.8 Å². The Morgan fingerprint density at radius 1 is 0.977 bits per heavy atom. The van der Waals surface area contributed by atoms with Crippen LogP contribution in [0.4, 0.5) is 5.69 Å². The Kier molecular flexibility index (Phi) is 10.7. The van der Waals surface area contributed by atoms with Crippen LogP contribution in [0.1, 0.15) is 44.7 Å².